The third-order valence-corrected chi connectivity index (χ3v) is 13.4. The van der Waals surface area contributed by atoms with Crippen molar-refractivity contribution >= 4 is 80.0 Å². The van der Waals surface area contributed by atoms with Gasteiger partial charge in [-0.05, 0) is 74.4 Å². The molecule has 2 atom stereocenters. The van der Waals surface area contributed by atoms with Gasteiger partial charge in [0.1, 0.15) is 5.02 Å². The number of anilines is 5. The summed E-state index contributed by atoms with van der Waals surface area (Å²) in [5.74, 6) is -3.66. The third kappa shape index (κ3) is 7.20. The first-order valence-electron chi connectivity index (χ1n) is 21.2. The minimum absolute atomic E-state index is 0.125. The lowest BCUT2D eigenvalue weighted by molar-refractivity contribution is -0.137. The van der Waals surface area contributed by atoms with Gasteiger partial charge in [0.15, 0.2) is 12.4 Å². The second kappa shape index (κ2) is 15.4. The van der Waals surface area contributed by atoms with Gasteiger partial charge >= 0.3 is 5.92 Å². The highest BCUT2D eigenvalue weighted by molar-refractivity contribution is 6.33. The Morgan fingerprint density at radius 2 is 1.69 bits per heavy atom. The second-order valence-electron chi connectivity index (χ2n) is 17.1. The lowest BCUT2D eigenvalue weighted by Gasteiger charge is -2.39. The number of alkyl halides is 2. The van der Waals surface area contributed by atoms with Gasteiger partial charge in [0.2, 0.25) is 29.4 Å². The first-order chi connectivity index (χ1) is 29.8. The monoisotopic (exact) mass is 869 g/mol. The number of amides is 3. The van der Waals surface area contributed by atoms with Gasteiger partial charge in [-0.2, -0.15) is 10.1 Å². The largest absolute Gasteiger partial charge is 0.480 e. The first-order valence-corrected chi connectivity index (χ1v) is 21.5. The lowest BCUT2D eigenvalue weighted by atomic mass is 9.93. The number of nitrogens with zero attached hydrogens (tertiary/aromatic N) is 8. The average molecular weight is 870 g/mol. The van der Waals surface area contributed by atoms with Gasteiger partial charge in [-0.3, -0.25) is 29.2 Å². The predicted octanol–water partition coefficient (Wildman–Crippen LogP) is 4.92. The van der Waals surface area contributed by atoms with Crippen LogP contribution in [0, 0.1) is 11.8 Å². The number of nitrogens with one attached hydrogen (secondary N) is 3. The number of piperazine rings is 1. The van der Waals surface area contributed by atoms with E-state index in [2.05, 4.69) is 37.0 Å². The summed E-state index contributed by atoms with van der Waals surface area (Å²) in [5, 5.41) is 15.1. The molecule has 1 aliphatic carbocycles. The number of pyridine rings is 1. The maximum absolute atomic E-state index is 15.2. The Balaban J connectivity index is 0.777. The first kappa shape index (κ1) is 40.1. The van der Waals surface area contributed by atoms with E-state index in [4.69, 9.17) is 21.3 Å². The molecule has 0 bridgehead atoms. The van der Waals surface area contributed by atoms with Crippen LogP contribution in [0.2, 0.25) is 5.02 Å². The van der Waals surface area contributed by atoms with Crippen LogP contribution < -0.4 is 36.0 Å². The highest BCUT2D eigenvalue weighted by Crippen LogP contribution is 2.46. The van der Waals surface area contributed by atoms with Crippen molar-refractivity contribution in [1.82, 2.24) is 34.5 Å². The summed E-state index contributed by atoms with van der Waals surface area (Å²) in [5.41, 5.74) is 3.49. The molecule has 5 aromatic rings. The number of carbonyl (C=O) groups is 3. The number of benzene rings is 2. The maximum atomic E-state index is 15.2. The summed E-state index contributed by atoms with van der Waals surface area (Å²) >= 11 is 6.60. The molecular formula is C43H46ClF2N11O5. The minimum Gasteiger partial charge on any atom is -0.480 e. The normalized spacial score (nSPS) is 21.9. The number of hydrogen-bond acceptors (Lipinski definition) is 12. The van der Waals surface area contributed by atoms with E-state index in [-0.39, 0.29) is 46.0 Å². The molecule has 16 nitrogen and oxygen atoms in total. The summed E-state index contributed by atoms with van der Waals surface area (Å²) in [6, 6.07) is 10.3. The molecule has 1 saturated carbocycles. The molecule has 0 radical (unpaired) electrons. The number of aromatic nitrogens is 5. The smallest absolute Gasteiger partial charge is 0.301 e. The summed E-state index contributed by atoms with van der Waals surface area (Å²) in [6.07, 6.45) is 4.92. The van der Waals surface area contributed by atoms with Crippen LogP contribution in [0.1, 0.15) is 50.1 Å². The van der Waals surface area contributed by atoms with Gasteiger partial charge in [0.05, 0.1) is 40.6 Å². The molecule has 2 aromatic carbocycles. The summed E-state index contributed by atoms with van der Waals surface area (Å²) < 4.78 is 39.0. The van der Waals surface area contributed by atoms with Crippen molar-refractivity contribution in [3.8, 4) is 5.75 Å². The molecule has 3 amide bonds. The van der Waals surface area contributed by atoms with E-state index in [1.165, 1.54) is 10.8 Å². The summed E-state index contributed by atoms with van der Waals surface area (Å²) in [6.45, 7) is 2.85. The van der Waals surface area contributed by atoms with Crippen LogP contribution >= 0.6 is 11.6 Å². The fraction of sp³-hybridized carbons (Fsp3) is 0.465. The molecule has 19 heteroatoms. The molecule has 10 rings (SSSR count). The number of fused-ring (bicyclic) bond motifs is 4. The number of hydrogen-bond donors (Lipinski definition) is 3. The van der Waals surface area contributed by atoms with Crippen molar-refractivity contribution in [2.75, 3.05) is 66.3 Å². The Kier molecular flexibility index (Phi) is 9.95. The molecule has 0 spiro atoms. The Morgan fingerprint density at radius 3 is 2.44 bits per heavy atom. The van der Waals surface area contributed by atoms with Crippen molar-refractivity contribution in [3.63, 3.8) is 0 Å². The fourth-order valence-electron chi connectivity index (χ4n) is 9.47. The maximum Gasteiger partial charge on any atom is 0.301 e. The number of halogens is 3. The topological polar surface area (TPSA) is 172 Å². The Bertz CT molecular complexity index is 2710. The zero-order chi connectivity index (χ0) is 43.0. The molecule has 4 aliphatic heterocycles. The highest BCUT2D eigenvalue weighted by atomic mass is 35.5. The zero-order valence-electron chi connectivity index (χ0n) is 34.3. The van der Waals surface area contributed by atoms with E-state index in [0.29, 0.717) is 112 Å². The molecule has 1 unspecified atom stereocenters. The zero-order valence-corrected chi connectivity index (χ0v) is 35.1. The highest BCUT2D eigenvalue weighted by Gasteiger charge is 2.51. The number of piperidine rings is 2. The van der Waals surface area contributed by atoms with E-state index in [0.717, 1.165) is 16.6 Å². The number of aryl methyl sites for hydroxylation is 2. The van der Waals surface area contributed by atoms with E-state index >= 15 is 8.78 Å². The van der Waals surface area contributed by atoms with Crippen molar-refractivity contribution in [3.05, 3.63) is 63.7 Å². The van der Waals surface area contributed by atoms with Crippen LogP contribution in [0.15, 0.2) is 47.4 Å². The minimum atomic E-state index is -3.15. The SMILES string of the molecule is Cn1nc(C2CCC(=O)NC2=O)c2ccc(N3CCN(C(=O)C4CCN(c5ncc(Cl)c(Nc6ccc7c(c6)c6c(c(=O)n7C)OCC(F)(F)[C@H](C7CC7)N6)n5)CC4)CC3)cc21. The number of rotatable bonds is 7. The molecule has 324 valence electrons. The molecule has 3 aromatic heterocycles. The van der Waals surface area contributed by atoms with Gasteiger partial charge in [-0.25, -0.2) is 13.8 Å². The third-order valence-electron chi connectivity index (χ3n) is 13.1. The van der Waals surface area contributed by atoms with Crippen molar-refractivity contribution in [1.29, 1.82) is 0 Å². The van der Waals surface area contributed by atoms with Gasteiger partial charge in [-0.1, -0.05) is 11.6 Å². The Morgan fingerprint density at radius 1 is 0.919 bits per heavy atom. The van der Waals surface area contributed by atoms with Gasteiger partial charge in [0, 0.05) is 87.8 Å². The molecular weight excluding hydrogens is 824 g/mol. The van der Waals surface area contributed by atoms with Crippen LogP contribution in [-0.2, 0) is 28.5 Å². The Labute approximate surface area is 359 Å². The van der Waals surface area contributed by atoms with Crippen LogP contribution in [-0.4, -0.2) is 105 Å². The average Bonchev–Trinajstić information content (AvgIpc) is 4.08. The van der Waals surface area contributed by atoms with Gasteiger partial charge < -0.3 is 34.6 Å². The van der Waals surface area contributed by atoms with Crippen LogP contribution in [0.25, 0.3) is 21.8 Å². The standard InChI is InChI=1S/C43H46ClF2N11O5/c1-53-31-9-5-25(19-29(31)35-36(41(53)61)62-22-43(45,46)37(50-35)23-3-4-23)48-38-30(44)21-47-42(51-38)57-13-11-24(12-14-57)40(60)56-17-15-55(16-18-56)26-6-7-27-32(20-26)54(2)52-34(27)28-8-10-33(58)49-39(28)59/h5-7,9,19-21,23-24,28,37,50H,3-4,8,10-18,22H2,1-2H3,(H,47,48,51)(H,49,58,59)/t28?,37-/m0/s1. The quantitative estimate of drug-likeness (QED) is 0.189. The summed E-state index contributed by atoms with van der Waals surface area (Å²) in [4.78, 5) is 66.9. The molecule has 5 aliphatic rings. The van der Waals surface area contributed by atoms with E-state index in [1.54, 1.807) is 29.9 Å². The van der Waals surface area contributed by atoms with E-state index < -0.39 is 30.0 Å². The van der Waals surface area contributed by atoms with Crippen LogP contribution in [0.5, 0.6) is 5.75 Å². The van der Waals surface area contributed by atoms with E-state index in [1.807, 2.05) is 29.0 Å². The van der Waals surface area contributed by atoms with Crippen molar-refractivity contribution in [2.45, 2.75) is 56.4 Å². The van der Waals surface area contributed by atoms with E-state index in [9.17, 15) is 19.2 Å². The van der Waals surface area contributed by atoms with Crippen molar-refractivity contribution < 1.29 is 27.9 Å². The van der Waals surface area contributed by atoms with Gasteiger partial charge in [0.25, 0.3) is 5.56 Å². The molecule has 4 fully saturated rings. The molecule has 3 N–H and O–H groups in total. The van der Waals surface area contributed by atoms with Crippen LogP contribution in [0.3, 0.4) is 0 Å². The molecule has 62 heavy (non-hydrogen) atoms. The Hall–Kier alpha value is -6.04. The number of imide groups is 1. The lowest BCUT2D eigenvalue weighted by Crippen LogP contribution is -2.51. The number of carbonyl (C=O) groups excluding carboxylic acids is 3. The van der Waals surface area contributed by atoms with Crippen LogP contribution in [0.4, 0.5) is 37.6 Å². The predicted molar refractivity (Wildman–Crippen MR) is 230 cm³/mol. The number of ether oxygens (including phenoxy) is 1. The second-order valence-corrected chi connectivity index (χ2v) is 17.5. The molecule has 3 saturated heterocycles. The fourth-order valence-corrected chi connectivity index (χ4v) is 9.61. The molecule has 7 heterocycles. The van der Waals surface area contributed by atoms with Gasteiger partial charge in [-0.15, -0.1) is 0 Å². The summed E-state index contributed by atoms with van der Waals surface area (Å²) in [7, 11) is 3.44. The van der Waals surface area contributed by atoms with Crippen molar-refractivity contribution in [2.24, 2.45) is 25.9 Å².